The lowest BCUT2D eigenvalue weighted by Crippen LogP contribution is -2.53. The highest BCUT2D eigenvalue weighted by Crippen LogP contribution is 2.26. The lowest BCUT2D eigenvalue weighted by Gasteiger charge is -2.38. The molecule has 1 fully saturated rings. The van der Waals surface area contributed by atoms with Gasteiger partial charge in [-0.3, -0.25) is 0 Å². The van der Waals surface area contributed by atoms with Crippen LogP contribution in [-0.2, 0) is 10.2 Å². The van der Waals surface area contributed by atoms with Crippen LogP contribution in [0.5, 0.6) is 0 Å². The lowest BCUT2D eigenvalue weighted by atomic mass is 9.87. The normalized spacial score (nSPS) is 20.6. The van der Waals surface area contributed by atoms with E-state index in [0.29, 0.717) is 6.04 Å². The summed E-state index contributed by atoms with van der Waals surface area (Å²) in [4.78, 5) is 2.45. The third kappa shape index (κ3) is 3.48. The average molecular weight is 262 g/mol. The van der Waals surface area contributed by atoms with Crippen LogP contribution in [-0.4, -0.2) is 39.4 Å². The maximum absolute atomic E-state index is 5.33. The van der Waals surface area contributed by atoms with Crippen LogP contribution < -0.4 is 10.2 Å². The zero-order valence-electron chi connectivity index (χ0n) is 12.6. The van der Waals surface area contributed by atoms with Crippen molar-refractivity contribution in [3.8, 4) is 0 Å². The van der Waals surface area contributed by atoms with Crippen molar-refractivity contribution in [3.05, 3.63) is 29.8 Å². The van der Waals surface area contributed by atoms with Gasteiger partial charge in [-0.05, 0) is 23.1 Å². The van der Waals surface area contributed by atoms with Crippen LogP contribution in [0.1, 0.15) is 26.3 Å². The minimum atomic E-state index is 0.216. The highest BCUT2D eigenvalue weighted by Gasteiger charge is 2.22. The Morgan fingerprint density at radius 2 is 1.95 bits per heavy atom. The summed E-state index contributed by atoms with van der Waals surface area (Å²) in [6.45, 7) is 10.6. The van der Waals surface area contributed by atoms with Crippen LogP contribution >= 0.6 is 0 Å². The highest BCUT2D eigenvalue weighted by atomic mass is 16.5. The van der Waals surface area contributed by atoms with Crippen LogP contribution in [0.3, 0.4) is 0 Å². The fourth-order valence-electron chi connectivity index (χ4n) is 2.60. The number of methoxy groups -OCH3 is 1. The third-order valence-corrected chi connectivity index (χ3v) is 3.77. The Bertz CT molecular complexity index is 392. The molecule has 0 amide bonds. The summed E-state index contributed by atoms with van der Waals surface area (Å²) in [7, 11) is 1.77. The van der Waals surface area contributed by atoms with Gasteiger partial charge in [0.2, 0.25) is 0 Å². The molecule has 1 aromatic rings. The zero-order chi connectivity index (χ0) is 13.9. The quantitative estimate of drug-likeness (QED) is 0.905. The van der Waals surface area contributed by atoms with Crippen molar-refractivity contribution in [2.24, 2.45) is 0 Å². The number of nitrogens with zero attached hydrogens (tertiary/aromatic N) is 1. The number of piperazine rings is 1. The van der Waals surface area contributed by atoms with E-state index >= 15 is 0 Å². The van der Waals surface area contributed by atoms with Gasteiger partial charge >= 0.3 is 0 Å². The monoisotopic (exact) mass is 262 g/mol. The summed E-state index contributed by atoms with van der Waals surface area (Å²) in [6, 6.07) is 9.42. The first-order valence-electron chi connectivity index (χ1n) is 7.09. The van der Waals surface area contributed by atoms with E-state index in [-0.39, 0.29) is 5.41 Å². The summed E-state index contributed by atoms with van der Waals surface area (Å²) in [5.74, 6) is 0. The second-order valence-corrected chi connectivity index (χ2v) is 6.30. The van der Waals surface area contributed by atoms with Crippen molar-refractivity contribution in [2.75, 3.05) is 38.3 Å². The molecule has 1 heterocycles. The molecule has 0 aliphatic carbocycles. The first-order chi connectivity index (χ1) is 9.02. The van der Waals surface area contributed by atoms with Crippen LogP contribution in [0, 0.1) is 0 Å². The number of ether oxygens (including phenoxy) is 1. The van der Waals surface area contributed by atoms with E-state index in [1.54, 1.807) is 7.11 Å². The number of rotatable bonds is 3. The Kier molecular flexibility index (Phi) is 4.48. The van der Waals surface area contributed by atoms with Crippen molar-refractivity contribution in [2.45, 2.75) is 32.2 Å². The molecule has 1 aliphatic heterocycles. The molecule has 1 aliphatic rings. The minimum Gasteiger partial charge on any atom is -0.383 e. The topological polar surface area (TPSA) is 24.5 Å². The smallest absolute Gasteiger partial charge is 0.0678 e. The van der Waals surface area contributed by atoms with E-state index in [0.717, 1.165) is 26.2 Å². The summed E-state index contributed by atoms with van der Waals surface area (Å²) >= 11 is 0. The van der Waals surface area contributed by atoms with Crippen LogP contribution in [0.15, 0.2) is 24.3 Å². The van der Waals surface area contributed by atoms with Crippen molar-refractivity contribution < 1.29 is 4.74 Å². The van der Waals surface area contributed by atoms with E-state index in [1.807, 2.05) is 0 Å². The number of hydrogen-bond donors (Lipinski definition) is 1. The van der Waals surface area contributed by atoms with Crippen LogP contribution in [0.25, 0.3) is 0 Å². The molecule has 19 heavy (non-hydrogen) atoms. The Morgan fingerprint density at radius 1 is 1.26 bits per heavy atom. The second-order valence-electron chi connectivity index (χ2n) is 6.30. The van der Waals surface area contributed by atoms with Crippen molar-refractivity contribution in [1.29, 1.82) is 0 Å². The van der Waals surface area contributed by atoms with Gasteiger partial charge in [0, 0.05) is 32.4 Å². The zero-order valence-corrected chi connectivity index (χ0v) is 12.6. The molecule has 1 saturated heterocycles. The van der Waals surface area contributed by atoms with Gasteiger partial charge in [-0.25, -0.2) is 0 Å². The molecule has 0 aromatic heterocycles. The molecule has 0 spiro atoms. The molecule has 1 atom stereocenters. The molecule has 1 unspecified atom stereocenters. The third-order valence-electron chi connectivity index (χ3n) is 3.77. The van der Waals surface area contributed by atoms with Crippen molar-refractivity contribution in [1.82, 2.24) is 5.32 Å². The van der Waals surface area contributed by atoms with Gasteiger partial charge in [0.25, 0.3) is 0 Å². The Labute approximate surface area is 116 Å². The summed E-state index contributed by atoms with van der Waals surface area (Å²) < 4.78 is 5.33. The van der Waals surface area contributed by atoms with Crippen molar-refractivity contribution >= 4 is 5.69 Å². The van der Waals surface area contributed by atoms with E-state index in [1.165, 1.54) is 11.3 Å². The largest absolute Gasteiger partial charge is 0.383 e. The van der Waals surface area contributed by atoms with Crippen LogP contribution in [0.2, 0.25) is 0 Å². The molecule has 1 N–H and O–H groups in total. The van der Waals surface area contributed by atoms with E-state index in [9.17, 15) is 0 Å². The fraction of sp³-hybridized carbons (Fsp3) is 0.625. The number of benzene rings is 1. The lowest BCUT2D eigenvalue weighted by molar-refractivity contribution is 0.170. The Morgan fingerprint density at radius 3 is 2.53 bits per heavy atom. The molecule has 1 aromatic carbocycles. The predicted molar refractivity (Wildman–Crippen MR) is 81.0 cm³/mol. The van der Waals surface area contributed by atoms with E-state index in [4.69, 9.17) is 4.74 Å². The van der Waals surface area contributed by atoms with Gasteiger partial charge in [-0.15, -0.1) is 0 Å². The molecule has 0 bridgehead atoms. The summed E-state index contributed by atoms with van der Waals surface area (Å²) in [5, 5.41) is 3.43. The standard InChI is InChI=1S/C16H26N2O/c1-16(2,3)13-5-7-14(8-6-13)18-10-9-17-11-15(18)12-19-4/h5-8,15,17H,9-12H2,1-4H3. The van der Waals surface area contributed by atoms with Gasteiger partial charge in [-0.1, -0.05) is 32.9 Å². The molecule has 2 rings (SSSR count). The number of anilines is 1. The van der Waals surface area contributed by atoms with E-state index in [2.05, 4.69) is 55.3 Å². The molecule has 3 heteroatoms. The predicted octanol–water partition coefficient (Wildman–Crippen LogP) is 2.41. The van der Waals surface area contributed by atoms with Gasteiger partial charge in [0.1, 0.15) is 0 Å². The van der Waals surface area contributed by atoms with Gasteiger partial charge in [0.15, 0.2) is 0 Å². The van der Waals surface area contributed by atoms with Crippen LogP contribution in [0.4, 0.5) is 5.69 Å². The van der Waals surface area contributed by atoms with Gasteiger partial charge < -0.3 is 15.0 Å². The van der Waals surface area contributed by atoms with Gasteiger partial charge in [0.05, 0.1) is 12.6 Å². The molecule has 106 valence electrons. The number of nitrogens with one attached hydrogen (secondary N) is 1. The summed E-state index contributed by atoms with van der Waals surface area (Å²) in [6.07, 6.45) is 0. The first-order valence-corrected chi connectivity index (χ1v) is 7.09. The molecule has 0 radical (unpaired) electrons. The number of hydrogen-bond acceptors (Lipinski definition) is 3. The fourth-order valence-corrected chi connectivity index (χ4v) is 2.60. The van der Waals surface area contributed by atoms with Crippen molar-refractivity contribution in [3.63, 3.8) is 0 Å². The maximum Gasteiger partial charge on any atom is 0.0678 e. The maximum atomic E-state index is 5.33. The molecular weight excluding hydrogens is 236 g/mol. The Balaban J connectivity index is 2.15. The molecular formula is C16H26N2O. The highest BCUT2D eigenvalue weighted by molar-refractivity contribution is 5.50. The van der Waals surface area contributed by atoms with E-state index < -0.39 is 0 Å². The molecule has 3 nitrogen and oxygen atoms in total. The van der Waals surface area contributed by atoms with Gasteiger partial charge in [-0.2, -0.15) is 0 Å². The Hall–Kier alpha value is -1.06. The first kappa shape index (κ1) is 14.4. The minimum absolute atomic E-state index is 0.216. The summed E-state index contributed by atoms with van der Waals surface area (Å²) in [5.41, 5.74) is 2.90. The average Bonchev–Trinajstić information content (AvgIpc) is 2.39. The molecule has 0 saturated carbocycles. The SMILES string of the molecule is COCC1CNCCN1c1ccc(C(C)(C)C)cc1. The second kappa shape index (κ2) is 5.93.